The summed E-state index contributed by atoms with van der Waals surface area (Å²) in [5.74, 6) is 1.32. The fourth-order valence-electron chi connectivity index (χ4n) is 2.88. The van der Waals surface area contributed by atoms with Gasteiger partial charge in [0.15, 0.2) is 11.6 Å². The van der Waals surface area contributed by atoms with Gasteiger partial charge in [-0.3, -0.25) is 0 Å². The molecule has 2 heterocycles. The Morgan fingerprint density at radius 3 is 2.68 bits per heavy atom. The molecule has 1 atom stereocenters. The molecule has 1 aliphatic heterocycles. The molecule has 0 aliphatic carbocycles. The molecule has 0 radical (unpaired) electrons. The van der Waals surface area contributed by atoms with Gasteiger partial charge in [-0.05, 0) is 45.2 Å². The monoisotopic (exact) mass is 343 g/mol. The third-order valence-corrected chi connectivity index (χ3v) is 4.09. The summed E-state index contributed by atoms with van der Waals surface area (Å²) in [6, 6.07) is 7.63. The SMILES string of the molecule is CC(C)(C)OC(=O)N1CC[C@H](CNc2nc3ccccc3nc2N)C1. The predicted molar refractivity (Wildman–Crippen MR) is 98.4 cm³/mol. The van der Waals surface area contributed by atoms with Crippen molar-refractivity contribution in [2.45, 2.75) is 32.8 Å². The number of amides is 1. The number of carbonyl (C=O) groups is 1. The van der Waals surface area contributed by atoms with Gasteiger partial charge in [0.05, 0.1) is 11.0 Å². The second kappa shape index (κ2) is 6.74. The molecule has 1 saturated heterocycles. The summed E-state index contributed by atoms with van der Waals surface area (Å²) < 4.78 is 5.42. The Morgan fingerprint density at radius 2 is 2.00 bits per heavy atom. The molecule has 0 unspecified atom stereocenters. The number of benzene rings is 1. The quantitative estimate of drug-likeness (QED) is 0.890. The van der Waals surface area contributed by atoms with Gasteiger partial charge in [-0.25, -0.2) is 14.8 Å². The van der Waals surface area contributed by atoms with Crippen LogP contribution in [0.2, 0.25) is 0 Å². The Hall–Kier alpha value is -2.57. The number of aromatic nitrogens is 2. The van der Waals surface area contributed by atoms with Gasteiger partial charge in [-0.1, -0.05) is 12.1 Å². The molecule has 7 nitrogen and oxygen atoms in total. The molecule has 3 rings (SSSR count). The lowest BCUT2D eigenvalue weighted by atomic mass is 10.1. The van der Waals surface area contributed by atoms with Crippen molar-refractivity contribution in [2.24, 2.45) is 5.92 Å². The van der Waals surface area contributed by atoms with Crippen LogP contribution in [-0.4, -0.2) is 46.2 Å². The van der Waals surface area contributed by atoms with Crippen LogP contribution in [0.1, 0.15) is 27.2 Å². The largest absolute Gasteiger partial charge is 0.444 e. The van der Waals surface area contributed by atoms with E-state index < -0.39 is 5.60 Å². The predicted octanol–water partition coefficient (Wildman–Crippen LogP) is 2.88. The standard InChI is InChI=1S/C18H25N5O2/c1-18(2,3)25-17(24)23-9-8-12(11-23)10-20-16-15(19)21-13-6-4-5-7-14(13)22-16/h4-7,12H,8-11H2,1-3H3,(H2,19,21)(H,20,22)/t12-/m1/s1. The van der Waals surface area contributed by atoms with Crippen molar-refractivity contribution < 1.29 is 9.53 Å². The Morgan fingerprint density at radius 1 is 1.32 bits per heavy atom. The van der Waals surface area contributed by atoms with Gasteiger partial charge >= 0.3 is 6.09 Å². The third kappa shape index (κ3) is 4.29. The lowest BCUT2D eigenvalue weighted by Gasteiger charge is -2.24. The van der Waals surface area contributed by atoms with Crippen molar-refractivity contribution in [2.75, 3.05) is 30.7 Å². The maximum Gasteiger partial charge on any atom is 0.410 e. The number of nitrogens with two attached hydrogens (primary N) is 1. The molecule has 1 aromatic heterocycles. The molecule has 1 aliphatic rings. The second-order valence-electron chi connectivity index (χ2n) is 7.41. The Labute approximate surface area is 147 Å². The number of para-hydroxylation sites is 2. The van der Waals surface area contributed by atoms with Gasteiger partial charge < -0.3 is 20.7 Å². The van der Waals surface area contributed by atoms with E-state index in [0.29, 0.717) is 37.2 Å². The fourth-order valence-corrected chi connectivity index (χ4v) is 2.88. The summed E-state index contributed by atoms with van der Waals surface area (Å²) >= 11 is 0. The molecule has 134 valence electrons. The number of carbonyl (C=O) groups excluding carboxylic acids is 1. The van der Waals surface area contributed by atoms with Gasteiger partial charge in [0, 0.05) is 19.6 Å². The molecule has 7 heteroatoms. The number of rotatable bonds is 3. The molecule has 0 bridgehead atoms. The van der Waals surface area contributed by atoms with Crippen LogP contribution in [0.3, 0.4) is 0 Å². The van der Waals surface area contributed by atoms with E-state index in [1.54, 1.807) is 4.90 Å². The van der Waals surface area contributed by atoms with Crippen LogP contribution in [0.5, 0.6) is 0 Å². The Kier molecular flexibility index (Phi) is 4.65. The normalized spacial score (nSPS) is 17.7. The number of nitrogens with one attached hydrogen (secondary N) is 1. The first-order valence-electron chi connectivity index (χ1n) is 8.56. The van der Waals surface area contributed by atoms with Gasteiger partial charge in [-0.2, -0.15) is 0 Å². The van der Waals surface area contributed by atoms with E-state index in [4.69, 9.17) is 10.5 Å². The third-order valence-electron chi connectivity index (χ3n) is 4.09. The van der Waals surface area contributed by atoms with Crippen molar-refractivity contribution >= 4 is 28.8 Å². The van der Waals surface area contributed by atoms with Gasteiger partial charge in [-0.15, -0.1) is 0 Å². The molecule has 3 N–H and O–H groups in total. The van der Waals surface area contributed by atoms with E-state index in [1.807, 2.05) is 45.0 Å². The first-order chi connectivity index (χ1) is 11.8. The Balaban J connectivity index is 1.58. The molecule has 1 fully saturated rings. The number of hydrogen-bond acceptors (Lipinski definition) is 6. The number of hydrogen-bond donors (Lipinski definition) is 2. The minimum Gasteiger partial charge on any atom is -0.444 e. The van der Waals surface area contributed by atoms with E-state index in [9.17, 15) is 4.79 Å². The van der Waals surface area contributed by atoms with Gasteiger partial charge in [0.1, 0.15) is 5.60 Å². The summed E-state index contributed by atoms with van der Waals surface area (Å²) in [6.07, 6.45) is 0.674. The highest BCUT2D eigenvalue weighted by Gasteiger charge is 2.29. The lowest BCUT2D eigenvalue weighted by molar-refractivity contribution is 0.0289. The van der Waals surface area contributed by atoms with Crippen LogP contribution in [0.4, 0.5) is 16.4 Å². The number of nitrogen functional groups attached to an aromatic ring is 1. The average Bonchev–Trinajstić information content (AvgIpc) is 3.00. The highest BCUT2D eigenvalue weighted by atomic mass is 16.6. The first kappa shape index (κ1) is 17.3. The summed E-state index contributed by atoms with van der Waals surface area (Å²) in [4.78, 5) is 22.8. The van der Waals surface area contributed by atoms with Crippen molar-refractivity contribution in [1.29, 1.82) is 0 Å². The summed E-state index contributed by atoms with van der Waals surface area (Å²) in [6.45, 7) is 7.70. The average molecular weight is 343 g/mol. The van der Waals surface area contributed by atoms with Crippen LogP contribution in [0.15, 0.2) is 24.3 Å². The number of likely N-dealkylation sites (tertiary alicyclic amines) is 1. The highest BCUT2D eigenvalue weighted by molar-refractivity contribution is 5.79. The molecular weight excluding hydrogens is 318 g/mol. The topological polar surface area (TPSA) is 93.4 Å². The number of nitrogens with zero attached hydrogens (tertiary/aromatic N) is 3. The summed E-state index contributed by atoms with van der Waals surface area (Å²) in [5.41, 5.74) is 7.11. The fraction of sp³-hybridized carbons (Fsp3) is 0.500. The molecule has 2 aromatic rings. The van der Waals surface area contributed by atoms with Crippen LogP contribution in [0, 0.1) is 5.92 Å². The van der Waals surface area contributed by atoms with E-state index in [-0.39, 0.29) is 6.09 Å². The van der Waals surface area contributed by atoms with Crippen LogP contribution in [-0.2, 0) is 4.74 Å². The number of ether oxygens (including phenoxy) is 1. The van der Waals surface area contributed by atoms with Crippen LogP contribution < -0.4 is 11.1 Å². The lowest BCUT2D eigenvalue weighted by Crippen LogP contribution is -2.35. The van der Waals surface area contributed by atoms with Crippen LogP contribution in [0.25, 0.3) is 11.0 Å². The molecular formula is C18H25N5O2. The van der Waals surface area contributed by atoms with Crippen molar-refractivity contribution in [3.63, 3.8) is 0 Å². The van der Waals surface area contributed by atoms with E-state index in [0.717, 1.165) is 17.5 Å². The smallest absolute Gasteiger partial charge is 0.410 e. The maximum absolute atomic E-state index is 12.1. The van der Waals surface area contributed by atoms with E-state index in [1.165, 1.54) is 0 Å². The van der Waals surface area contributed by atoms with Gasteiger partial charge in [0.25, 0.3) is 0 Å². The number of anilines is 2. The molecule has 25 heavy (non-hydrogen) atoms. The molecule has 1 amide bonds. The summed E-state index contributed by atoms with van der Waals surface area (Å²) in [7, 11) is 0. The van der Waals surface area contributed by atoms with Crippen molar-refractivity contribution in [3.05, 3.63) is 24.3 Å². The van der Waals surface area contributed by atoms with Gasteiger partial charge in [0.2, 0.25) is 0 Å². The summed E-state index contributed by atoms with van der Waals surface area (Å²) in [5, 5.41) is 3.28. The van der Waals surface area contributed by atoms with E-state index >= 15 is 0 Å². The highest BCUT2D eigenvalue weighted by Crippen LogP contribution is 2.22. The minimum absolute atomic E-state index is 0.250. The zero-order valence-corrected chi connectivity index (χ0v) is 15.0. The zero-order chi connectivity index (χ0) is 18.0. The molecule has 1 aromatic carbocycles. The second-order valence-corrected chi connectivity index (χ2v) is 7.41. The minimum atomic E-state index is -0.470. The molecule has 0 saturated carbocycles. The van der Waals surface area contributed by atoms with E-state index in [2.05, 4.69) is 15.3 Å². The number of fused-ring (bicyclic) bond motifs is 1. The van der Waals surface area contributed by atoms with Crippen molar-refractivity contribution in [3.8, 4) is 0 Å². The molecule has 0 spiro atoms. The van der Waals surface area contributed by atoms with Crippen LogP contribution >= 0.6 is 0 Å². The zero-order valence-electron chi connectivity index (χ0n) is 15.0. The first-order valence-corrected chi connectivity index (χ1v) is 8.56. The maximum atomic E-state index is 12.1. The van der Waals surface area contributed by atoms with Crippen molar-refractivity contribution in [1.82, 2.24) is 14.9 Å². The Bertz CT molecular complexity index is 772.